The lowest BCUT2D eigenvalue weighted by molar-refractivity contribution is 0.195. The van der Waals surface area contributed by atoms with Crippen LogP contribution >= 0.6 is 0 Å². The minimum absolute atomic E-state index is 0.533. The molecule has 1 aromatic rings. The van der Waals surface area contributed by atoms with Crippen molar-refractivity contribution in [1.82, 2.24) is 10.2 Å². The Morgan fingerprint density at radius 3 is 2.25 bits per heavy atom. The van der Waals surface area contributed by atoms with Crippen molar-refractivity contribution >= 4 is 0 Å². The van der Waals surface area contributed by atoms with Crippen LogP contribution in [0, 0.1) is 0 Å². The number of likely N-dealkylation sites (N-methyl/N-ethyl adjacent to an activating group) is 1. The van der Waals surface area contributed by atoms with Crippen LogP contribution in [0.25, 0.3) is 0 Å². The Bertz CT molecular complexity index is 282. The lowest BCUT2D eigenvalue weighted by Gasteiger charge is -2.29. The molecule has 0 saturated heterocycles. The largest absolute Gasteiger partial charge is 0.316 e. The van der Waals surface area contributed by atoms with E-state index in [1.165, 1.54) is 5.56 Å². The topological polar surface area (TPSA) is 15.3 Å². The van der Waals surface area contributed by atoms with Gasteiger partial charge in [-0.2, -0.15) is 0 Å². The van der Waals surface area contributed by atoms with Gasteiger partial charge in [0.15, 0.2) is 0 Å². The first-order valence-electron chi connectivity index (χ1n) is 6.08. The minimum Gasteiger partial charge on any atom is -0.316 e. The first-order valence-corrected chi connectivity index (χ1v) is 6.08. The van der Waals surface area contributed by atoms with Gasteiger partial charge in [-0.1, -0.05) is 30.3 Å². The summed E-state index contributed by atoms with van der Waals surface area (Å²) in [7, 11) is 2.02. The van der Waals surface area contributed by atoms with Crippen LogP contribution in [0.15, 0.2) is 30.3 Å². The van der Waals surface area contributed by atoms with Crippen LogP contribution in [0.5, 0.6) is 0 Å². The van der Waals surface area contributed by atoms with Crippen LogP contribution in [0.4, 0.5) is 0 Å². The van der Waals surface area contributed by atoms with Crippen molar-refractivity contribution in [3.8, 4) is 0 Å². The molecule has 2 heteroatoms. The maximum absolute atomic E-state index is 3.29. The van der Waals surface area contributed by atoms with Crippen molar-refractivity contribution in [1.29, 1.82) is 0 Å². The van der Waals surface area contributed by atoms with Gasteiger partial charge in [0.25, 0.3) is 0 Å². The van der Waals surface area contributed by atoms with Gasteiger partial charge in [-0.25, -0.2) is 0 Å². The lowest BCUT2D eigenvalue weighted by atomic mass is 10.1. The number of rotatable bonds is 6. The highest BCUT2D eigenvalue weighted by Gasteiger charge is 2.12. The Balaban J connectivity index is 2.58. The summed E-state index contributed by atoms with van der Waals surface area (Å²) >= 11 is 0. The van der Waals surface area contributed by atoms with Gasteiger partial charge in [-0.05, 0) is 33.4 Å². The molecular weight excluding hydrogens is 196 g/mol. The molecule has 1 atom stereocenters. The fourth-order valence-corrected chi connectivity index (χ4v) is 1.72. The molecule has 0 aliphatic heterocycles. The highest BCUT2D eigenvalue weighted by atomic mass is 15.2. The van der Waals surface area contributed by atoms with E-state index in [-0.39, 0.29) is 0 Å². The van der Waals surface area contributed by atoms with Crippen molar-refractivity contribution in [3.63, 3.8) is 0 Å². The van der Waals surface area contributed by atoms with E-state index in [2.05, 4.69) is 61.3 Å². The van der Waals surface area contributed by atoms with Crippen molar-refractivity contribution in [3.05, 3.63) is 35.9 Å². The van der Waals surface area contributed by atoms with E-state index in [9.17, 15) is 0 Å². The zero-order valence-electron chi connectivity index (χ0n) is 10.9. The normalized spacial score (nSPS) is 13.4. The SMILES string of the molecule is CNC(C)CN(Cc1ccccc1)C(C)C. The number of nitrogens with zero attached hydrogens (tertiary/aromatic N) is 1. The van der Waals surface area contributed by atoms with Gasteiger partial charge in [0.05, 0.1) is 0 Å². The average Bonchev–Trinajstić information content (AvgIpc) is 2.29. The van der Waals surface area contributed by atoms with Gasteiger partial charge in [0, 0.05) is 25.2 Å². The second-order valence-corrected chi connectivity index (χ2v) is 4.70. The smallest absolute Gasteiger partial charge is 0.0237 e. The molecule has 0 aromatic heterocycles. The van der Waals surface area contributed by atoms with Crippen molar-refractivity contribution in [2.24, 2.45) is 0 Å². The predicted molar refractivity (Wildman–Crippen MR) is 70.5 cm³/mol. The number of hydrogen-bond acceptors (Lipinski definition) is 2. The quantitative estimate of drug-likeness (QED) is 0.792. The van der Waals surface area contributed by atoms with Crippen molar-refractivity contribution in [2.45, 2.75) is 39.4 Å². The molecule has 0 saturated carbocycles. The Morgan fingerprint density at radius 1 is 1.12 bits per heavy atom. The fourth-order valence-electron chi connectivity index (χ4n) is 1.72. The monoisotopic (exact) mass is 220 g/mol. The summed E-state index contributed by atoms with van der Waals surface area (Å²) in [5.41, 5.74) is 1.39. The van der Waals surface area contributed by atoms with E-state index in [0.717, 1.165) is 13.1 Å². The second-order valence-electron chi connectivity index (χ2n) is 4.70. The Morgan fingerprint density at radius 2 is 1.75 bits per heavy atom. The van der Waals surface area contributed by atoms with E-state index in [4.69, 9.17) is 0 Å². The number of benzene rings is 1. The number of hydrogen-bond donors (Lipinski definition) is 1. The molecule has 0 spiro atoms. The third-order valence-electron chi connectivity index (χ3n) is 2.96. The molecule has 1 aromatic carbocycles. The van der Waals surface area contributed by atoms with Crippen LogP contribution in [-0.2, 0) is 6.54 Å². The summed E-state index contributed by atoms with van der Waals surface area (Å²) in [4.78, 5) is 2.50. The molecule has 1 unspecified atom stereocenters. The Hall–Kier alpha value is -0.860. The van der Waals surface area contributed by atoms with E-state index in [0.29, 0.717) is 12.1 Å². The first kappa shape index (κ1) is 13.2. The summed E-state index contributed by atoms with van der Waals surface area (Å²) in [6.45, 7) is 8.85. The molecule has 0 aliphatic rings. The molecule has 16 heavy (non-hydrogen) atoms. The molecular formula is C14H24N2. The maximum Gasteiger partial charge on any atom is 0.0237 e. The van der Waals surface area contributed by atoms with E-state index in [1.54, 1.807) is 0 Å². The third kappa shape index (κ3) is 4.33. The zero-order chi connectivity index (χ0) is 12.0. The highest BCUT2D eigenvalue weighted by molar-refractivity contribution is 5.14. The molecule has 0 amide bonds. The molecule has 1 N–H and O–H groups in total. The molecule has 1 rings (SSSR count). The molecule has 0 aliphatic carbocycles. The highest BCUT2D eigenvalue weighted by Crippen LogP contribution is 2.08. The standard InChI is InChI=1S/C14H24N2/c1-12(2)16(10-13(3)15-4)11-14-8-6-5-7-9-14/h5-9,12-13,15H,10-11H2,1-4H3. The molecule has 90 valence electrons. The molecule has 2 nitrogen and oxygen atoms in total. The third-order valence-corrected chi connectivity index (χ3v) is 2.96. The summed E-state index contributed by atoms with van der Waals surface area (Å²) in [5.74, 6) is 0. The molecule has 0 radical (unpaired) electrons. The van der Waals surface area contributed by atoms with Crippen LogP contribution in [-0.4, -0.2) is 30.6 Å². The summed E-state index contributed by atoms with van der Waals surface area (Å²) in [6.07, 6.45) is 0. The first-order chi connectivity index (χ1) is 7.63. The summed E-state index contributed by atoms with van der Waals surface area (Å²) in [5, 5.41) is 3.29. The van der Waals surface area contributed by atoms with Gasteiger partial charge >= 0.3 is 0 Å². The number of nitrogens with one attached hydrogen (secondary N) is 1. The van der Waals surface area contributed by atoms with Crippen LogP contribution in [0.2, 0.25) is 0 Å². The van der Waals surface area contributed by atoms with Gasteiger partial charge in [-0.3, -0.25) is 4.90 Å². The van der Waals surface area contributed by atoms with Gasteiger partial charge < -0.3 is 5.32 Å². The van der Waals surface area contributed by atoms with Crippen LogP contribution in [0.3, 0.4) is 0 Å². The molecule has 0 fully saturated rings. The Kier molecular flexibility index (Phi) is 5.50. The maximum atomic E-state index is 3.29. The summed E-state index contributed by atoms with van der Waals surface area (Å²) < 4.78 is 0. The van der Waals surface area contributed by atoms with Gasteiger partial charge in [-0.15, -0.1) is 0 Å². The van der Waals surface area contributed by atoms with Gasteiger partial charge in [0.2, 0.25) is 0 Å². The van der Waals surface area contributed by atoms with E-state index in [1.807, 2.05) is 7.05 Å². The van der Waals surface area contributed by atoms with Crippen LogP contribution < -0.4 is 5.32 Å². The predicted octanol–water partition coefficient (Wildman–Crippen LogP) is 2.50. The van der Waals surface area contributed by atoms with Crippen LogP contribution in [0.1, 0.15) is 26.3 Å². The molecule has 0 heterocycles. The Labute approximate surface area is 99.7 Å². The van der Waals surface area contributed by atoms with E-state index < -0.39 is 0 Å². The van der Waals surface area contributed by atoms with E-state index >= 15 is 0 Å². The summed E-state index contributed by atoms with van der Waals surface area (Å²) in [6, 6.07) is 11.8. The zero-order valence-corrected chi connectivity index (χ0v) is 10.9. The minimum atomic E-state index is 0.533. The fraction of sp³-hybridized carbons (Fsp3) is 0.571. The second kappa shape index (κ2) is 6.66. The molecule has 0 bridgehead atoms. The lowest BCUT2D eigenvalue weighted by Crippen LogP contribution is -2.40. The van der Waals surface area contributed by atoms with Gasteiger partial charge in [0.1, 0.15) is 0 Å². The average molecular weight is 220 g/mol. The van der Waals surface area contributed by atoms with Crippen molar-refractivity contribution < 1.29 is 0 Å². The van der Waals surface area contributed by atoms with Crippen molar-refractivity contribution in [2.75, 3.05) is 13.6 Å².